The second-order valence-electron chi connectivity index (χ2n) is 5.79. The van der Waals surface area contributed by atoms with Crippen LogP contribution in [-0.2, 0) is 11.2 Å². The maximum absolute atomic E-state index is 11.9. The number of hydrogen-bond acceptors (Lipinski definition) is 2. The average molecular weight is 338 g/mol. The number of halogens is 1. The quantitative estimate of drug-likeness (QED) is 0.778. The Bertz CT molecular complexity index is 544. The number of carbonyl (C=O) groups excluding carboxylic acids is 1. The third kappa shape index (κ3) is 2.34. The van der Waals surface area contributed by atoms with E-state index in [1.807, 2.05) is 11.8 Å². The van der Waals surface area contributed by atoms with Crippen molar-refractivity contribution in [2.45, 2.75) is 32.6 Å². The van der Waals surface area contributed by atoms with Gasteiger partial charge in [-0.05, 0) is 61.4 Å². The van der Waals surface area contributed by atoms with Crippen molar-refractivity contribution >= 4 is 22.0 Å². The number of piperidine rings is 1. The Morgan fingerprint density at radius 1 is 1.50 bits per heavy atom. The molecule has 20 heavy (non-hydrogen) atoms. The average Bonchev–Trinajstić information content (AvgIpc) is 2.77. The van der Waals surface area contributed by atoms with Crippen LogP contribution >= 0.6 is 15.9 Å². The van der Waals surface area contributed by atoms with E-state index in [4.69, 9.17) is 4.74 Å². The molecule has 0 bridgehead atoms. The number of rotatable bonds is 1. The van der Waals surface area contributed by atoms with Gasteiger partial charge in [-0.25, -0.2) is 4.79 Å². The molecule has 0 radical (unpaired) electrons. The molecular formula is C16H20BrNO2. The van der Waals surface area contributed by atoms with Gasteiger partial charge in [-0.2, -0.15) is 0 Å². The zero-order chi connectivity index (χ0) is 14.3. The summed E-state index contributed by atoms with van der Waals surface area (Å²) in [5, 5.41) is 0. The van der Waals surface area contributed by atoms with Crippen molar-refractivity contribution in [2.24, 2.45) is 5.92 Å². The minimum absolute atomic E-state index is 0.161. The van der Waals surface area contributed by atoms with Gasteiger partial charge in [0, 0.05) is 23.5 Å². The lowest BCUT2D eigenvalue weighted by atomic mass is 9.86. The summed E-state index contributed by atoms with van der Waals surface area (Å²) in [6.07, 6.45) is 2.08. The Balaban J connectivity index is 1.85. The second kappa shape index (κ2) is 5.40. The van der Waals surface area contributed by atoms with Crippen molar-refractivity contribution in [3.05, 3.63) is 33.3 Å². The van der Waals surface area contributed by atoms with Gasteiger partial charge in [0.2, 0.25) is 0 Å². The smallest absolute Gasteiger partial charge is 0.409 e. The SMILES string of the molecule is CCOC(=O)N1CC[C@@H]2Cc3c(C)cc(Br)cc3[C@@H]2C1. The van der Waals surface area contributed by atoms with Crippen molar-refractivity contribution < 1.29 is 9.53 Å². The van der Waals surface area contributed by atoms with Gasteiger partial charge < -0.3 is 9.64 Å². The molecule has 1 fully saturated rings. The maximum Gasteiger partial charge on any atom is 0.409 e. The number of ether oxygens (including phenoxy) is 1. The zero-order valence-corrected chi connectivity index (χ0v) is 13.6. The predicted octanol–water partition coefficient (Wildman–Crippen LogP) is 3.88. The van der Waals surface area contributed by atoms with Gasteiger partial charge in [0.15, 0.2) is 0 Å². The summed E-state index contributed by atoms with van der Waals surface area (Å²) in [5.74, 6) is 1.16. The fourth-order valence-electron chi connectivity index (χ4n) is 3.65. The topological polar surface area (TPSA) is 29.5 Å². The summed E-state index contributed by atoms with van der Waals surface area (Å²) in [6, 6.07) is 4.43. The number of benzene rings is 1. The molecule has 2 aliphatic rings. The summed E-state index contributed by atoms with van der Waals surface area (Å²) in [5.41, 5.74) is 4.29. The van der Waals surface area contributed by atoms with Gasteiger partial charge >= 0.3 is 6.09 Å². The Kier molecular flexibility index (Phi) is 3.76. The number of aryl methyl sites for hydroxylation is 1. The van der Waals surface area contributed by atoms with Crippen LogP contribution in [0.15, 0.2) is 16.6 Å². The summed E-state index contributed by atoms with van der Waals surface area (Å²) in [6.45, 7) is 6.12. The van der Waals surface area contributed by atoms with E-state index in [1.165, 1.54) is 16.7 Å². The first kappa shape index (κ1) is 13.9. The predicted molar refractivity (Wildman–Crippen MR) is 82.0 cm³/mol. The summed E-state index contributed by atoms with van der Waals surface area (Å²) >= 11 is 3.60. The van der Waals surface area contributed by atoms with Crippen molar-refractivity contribution in [2.75, 3.05) is 19.7 Å². The van der Waals surface area contributed by atoms with Crippen LogP contribution < -0.4 is 0 Å². The highest BCUT2D eigenvalue weighted by atomic mass is 79.9. The van der Waals surface area contributed by atoms with E-state index in [2.05, 4.69) is 35.0 Å². The van der Waals surface area contributed by atoms with Crippen LogP contribution in [0.2, 0.25) is 0 Å². The minimum Gasteiger partial charge on any atom is -0.450 e. The maximum atomic E-state index is 11.9. The first-order valence-electron chi connectivity index (χ1n) is 7.30. The first-order chi connectivity index (χ1) is 9.60. The van der Waals surface area contributed by atoms with Crippen molar-refractivity contribution in [1.29, 1.82) is 0 Å². The lowest BCUT2D eigenvalue weighted by Gasteiger charge is -2.34. The molecule has 1 aromatic carbocycles. The van der Waals surface area contributed by atoms with Crippen LogP contribution in [-0.4, -0.2) is 30.7 Å². The van der Waals surface area contributed by atoms with E-state index in [-0.39, 0.29) is 6.09 Å². The number of amides is 1. The molecule has 0 unspecified atom stereocenters. The van der Waals surface area contributed by atoms with Crippen molar-refractivity contribution in [3.63, 3.8) is 0 Å². The molecular weight excluding hydrogens is 318 g/mol. The van der Waals surface area contributed by atoms with Gasteiger partial charge in [0.25, 0.3) is 0 Å². The molecule has 1 aromatic rings. The Morgan fingerprint density at radius 2 is 2.30 bits per heavy atom. The molecule has 0 spiro atoms. The molecule has 1 aliphatic carbocycles. The van der Waals surface area contributed by atoms with Crippen LogP contribution in [0.1, 0.15) is 36.0 Å². The molecule has 0 N–H and O–H groups in total. The molecule has 0 saturated carbocycles. The Morgan fingerprint density at radius 3 is 3.05 bits per heavy atom. The van der Waals surface area contributed by atoms with E-state index in [0.717, 1.165) is 30.4 Å². The summed E-state index contributed by atoms with van der Waals surface area (Å²) < 4.78 is 6.28. The summed E-state index contributed by atoms with van der Waals surface area (Å²) in [7, 11) is 0. The Labute approximate surface area is 128 Å². The molecule has 1 saturated heterocycles. The second-order valence-corrected chi connectivity index (χ2v) is 6.71. The minimum atomic E-state index is -0.161. The number of hydrogen-bond donors (Lipinski definition) is 0. The van der Waals surface area contributed by atoms with E-state index in [1.54, 1.807) is 0 Å². The summed E-state index contributed by atoms with van der Waals surface area (Å²) in [4.78, 5) is 13.8. The van der Waals surface area contributed by atoms with Gasteiger partial charge in [-0.15, -0.1) is 0 Å². The van der Waals surface area contributed by atoms with Crippen LogP contribution in [0.4, 0.5) is 4.79 Å². The van der Waals surface area contributed by atoms with E-state index >= 15 is 0 Å². The molecule has 0 aromatic heterocycles. The van der Waals surface area contributed by atoms with Crippen LogP contribution in [0, 0.1) is 12.8 Å². The van der Waals surface area contributed by atoms with Crippen LogP contribution in [0.25, 0.3) is 0 Å². The normalized spacial score (nSPS) is 24.2. The number of carbonyl (C=O) groups is 1. The molecule has 1 amide bonds. The lowest BCUT2D eigenvalue weighted by molar-refractivity contribution is 0.0876. The molecule has 3 rings (SSSR count). The monoisotopic (exact) mass is 337 g/mol. The first-order valence-corrected chi connectivity index (χ1v) is 8.10. The van der Waals surface area contributed by atoms with Crippen molar-refractivity contribution in [1.82, 2.24) is 4.90 Å². The number of likely N-dealkylation sites (tertiary alicyclic amines) is 1. The highest BCUT2D eigenvalue weighted by molar-refractivity contribution is 9.10. The highest BCUT2D eigenvalue weighted by Crippen LogP contribution is 2.45. The van der Waals surface area contributed by atoms with E-state index < -0.39 is 0 Å². The molecule has 2 atom stereocenters. The third-order valence-electron chi connectivity index (χ3n) is 4.62. The molecule has 1 aliphatic heterocycles. The Hall–Kier alpha value is -1.03. The molecule has 3 nitrogen and oxygen atoms in total. The fraction of sp³-hybridized carbons (Fsp3) is 0.562. The van der Waals surface area contributed by atoms with E-state index in [0.29, 0.717) is 18.4 Å². The molecule has 1 heterocycles. The fourth-order valence-corrected chi connectivity index (χ4v) is 4.24. The highest BCUT2D eigenvalue weighted by Gasteiger charge is 2.39. The van der Waals surface area contributed by atoms with Gasteiger partial charge in [0.1, 0.15) is 0 Å². The largest absolute Gasteiger partial charge is 0.450 e. The van der Waals surface area contributed by atoms with Gasteiger partial charge in [-0.1, -0.05) is 15.9 Å². The van der Waals surface area contributed by atoms with Crippen LogP contribution in [0.3, 0.4) is 0 Å². The molecule has 4 heteroatoms. The van der Waals surface area contributed by atoms with Gasteiger partial charge in [0.05, 0.1) is 6.61 Å². The van der Waals surface area contributed by atoms with E-state index in [9.17, 15) is 4.79 Å². The third-order valence-corrected chi connectivity index (χ3v) is 5.08. The van der Waals surface area contributed by atoms with Gasteiger partial charge in [-0.3, -0.25) is 0 Å². The standard InChI is InChI=1S/C16H20BrNO2/c1-3-20-16(19)18-5-4-11-7-13-10(2)6-12(17)8-14(13)15(11)9-18/h6,8,11,15H,3-5,7,9H2,1-2H3/t11-,15-/m1/s1. The molecule has 108 valence electrons. The van der Waals surface area contributed by atoms with Crippen LogP contribution in [0.5, 0.6) is 0 Å². The number of fused-ring (bicyclic) bond motifs is 3. The lowest BCUT2D eigenvalue weighted by Crippen LogP contribution is -2.42. The number of nitrogens with zero attached hydrogens (tertiary/aromatic N) is 1. The van der Waals surface area contributed by atoms with Crippen molar-refractivity contribution in [3.8, 4) is 0 Å². The zero-order valence-electron chi connectivity index (χ0n) is 12.0.